The third-order valence-electron chi connectivity index (χ3n) is 5.90. The minimum absolute atomic E-state index is 0.314. The molecule has 0 bridgehead atoms. The Morgan fingerprint density at radius 3 is 1.14 bits per heavy atom. The third kappa shape index (κ3) is 12.0. The van der Waals surface area contributed by atoms with Gasteiger partial charge in [-0.3, -0.25) is 0 Å². The fourth-order valence-electron chi connectivity index (χ4n) is 4.83. The van der Waals surface area contributed by atoms with E-state index in [0.29, 0.717) is 11.5 Å². The monoisotopic (exact) mass is 550 g/mol. The molecule has 0 amide bonds. The molecule has 35 heavy (non-hydrogen) atoms. The molecular weight excluding hydrogens is 505 g/mol. The van der Waals surface area contributed by atoms with Crippen molar-refractivity contribution in [1.82, 2.24) is 0 Å². The van der Waals surface area contributed by atoms with Crippen LogP contribution in [0.3, 0.4) is 0 Å². The van der Waals surface area contributed by atoms with Crippen LogP contribution in [0.5, 0.6) is 11.5 Å². The lowest BCUT2D eigenvalue weighted by atomic mass is 10.1. The molecule has 9 heteroatoms. The first-order valence-corrected chi connectivity index (χ1v) is 24.6. The van der Waals surface area contributed by atoms with E-state index in [2.05, 4.69) is 52.4 Å². The van der Waals surface area contributed by atoms with Crippen LogP contribution >= 0.6 is 0 Å². The number of aromatic hydroxyl groups is 2. The van der Waals surface area contributed by atoms with Crippen LogP contribution in [0.1, 0.15) is 24.0 Å². The zero-order valence-corrected chi connectivity index (χ0v) is 27.0. The van der Waals surface area contributed by atoms with Gasteiger partial charge in [-0.15, -0.1) is 0 Å². The molecule has 5 nitrogen and oxygen atoms in total. The smallest absolute Gasteiger partial charge is 0.312 e. The lowest BCUT2D eigenvalue weighted by molar-refractivity contribution is 0.327. The van der Waals surface area contributed by atoms with Gasteiger partial charge in [0.05, 0.1) is 0 Å². The molecule has 0 radical (unpaired) electrons. The second-order valence-corrected chi connectivity index (χ2v) is 27.8. The summed E-state index contributed by atoms with van der Waals surface area (Å²) in [7, 11) is -8.43. The van der Waals surface area contributed by atoms with Gasteiger partial charge in [0.25, 0.3) is 0 Å². The standard InChI is InChI=1S/C26H46O5Si4/c1-32(2,21-9-11-23-13-17-25(27)18-14-23)29-34(5,6)31-35(7,8)30-33(3,4)22-10-12-24-15-19-26(28)20-16-24/h13-20,27-28H,9-12,21-22H2,1-8H3. The molecule has 2 aromatic rings. The van der Waals surface area contributed by atoms with Crippen LogP contribution in [0.4, 0.5) is 0 Å². The maximum atomic E-state index is 9.47. The molecule has 196 valence electrons. The van der Waals surface area contributed by atoms with Gasteiger partial charge < -0.3 is 22.6 Å². The van der Waals surface area contributed by atoms with E-state index in [0.717, 1.165) is 37.8 Å². The number of aryl methyl sites for hydroxylation is 2. The lowest BCUT2D eigenvalue weighted by Crippen LogP contribution is -2.56. The van der Waals surface area contributed by atoms with Crippen molar-refractivity contribution < 1.29 is 22.6 Å². The zero-order chi connectivity index (χ0) is 26.3. The molecule has 0 spiro atoms. The number of hydrogen-bond acceptors (Lipinski definition) is 5. The second-order valence-electron chi connectivity index (χ2n) is 11.7. The average molecular weight is 551 g/mol. The number of phenols is 2. The first kappa shape index (κ1) is 30.0. The molecule has 0 aromatic heterocycles. The fraction of sp³-hybridized carbons (Fsp3) is 0.538. The van der Waals surface area contributed by atoms with Crippen molar-refractivity contribution in [3.8, 4) is 11.5 Å². The predicted molar refractivity (Wildman–Crippen MR) is 156 cm³/mol. The van der Waals surface area contributed by atoms with Gasteiger partial charge in [-0.1, -0.05) is 24.3 Å². The van der Waals surface area contributed by atoms with Crippen molar-refractivity contribution in [2.75, 3.05) is 0 Å². The molecule has 0 aliphatic carbocycles. The summed E-state index contributed by atoms with van der Waals surface area (Å²) in [4.78, 5) is 0. The zero-order valence-electron chi connectivity index (χ0n) is 23.0. The highest BCUT2D eigenvalue weighted by Gasteiger charge is 2.43. The first-order chi connectivity index (χ1) is 16.1. The third-order valence-corrected chi connectivity index (χ3v) is 21.3. The minimum Gasteiger partial charge on any atom is -0.508 e. The summed E-state index contributed by atoms with van der Waals surface area (Å²) in [5, 5.41) is 18.9. The molecule has 0 aliphatic heterocycles. The summed E-state index contributed by atoms with van der Waals surface area (Å²) in [6, 6.07) is 17.1. The van der Waals surface area contributed by atoms with E-state index < -0.39 is 33.8 Å². The Labute approximate surface area is 217 Å². The van der Waals surface area contributed by atoms with Crippen LogP contribution in [0.2, 0.25) is 64.5 Å². The Morgan fingerprint density at radius 1 is 0.514 bits per heavy atom. The van der Waals surface area contributed by atoms with Gasteiger partial charge in [0.1, 0.15) is 11.5 Å². The highest BCUT2D eigenvalue weighted by molar-refractivity contribution is 6.89. The summed E-state index contributed by atoms with van der Waals surface area (Å²) in [5.74, 6) is 0.628. The lowest BCUT2D eigenvalue weighted by Gasteiger charge is -2.41. The Morgan fingerprint density at radius 2 is 0.829 bits per heavy atom. The number of hydrogen-bond donors (Lipinski definition) is 2. The van der Waals surface area contributed by atoms with Crippen LogP contribution in [-0.4, -0.2) is 44.0 Å². The molecule has 0 aliphatic rings. The molecule has 0 heterocycles. The molecule has 0 saturated heterocycles. The van der Waals surface area contributed by atoms with E-state index in [1.165, 1.54) is 11.1 Å². The summed E-state index contributed by atoms with van der Waals surface area (Å²) < 4.78 is 20.2. The topological polar surface area (TPSA) is 68.2 Å². The summed E-state index contributed by atoms with van der Waals surface area (Å²) >= 11 is 0. The van der Waals surface area contributed by atoms with Gasteiger partial charge in [-0.25, -0.2) is 0 Å². The normalized spacial score (nSPS) is 13.3. The van der Waals surface area contributed by atoms with Crippen molar-refractivity contribution in [3.05, 3.63) is 59.7 Å². The molecule has 2 aromatic carbocycles. The predicted octanol–water partition coefficient (Wildman–Crippen LogP) is 7.53. The Kier molecular flexibility index (Phi) is 10.6. The molecule has 2 N–H and O–H groups in total. The van der Waals surface area contributed by atoms with Crippen LogP contribution in [0.15, 0.2) is 48.5 Å². The van der Waals surface area contributed by atoms with Crippen LogP contribution in [-0.2, 0) is 25.2 Å². The average Bonchev–Trinajstić information content (AvgIpc) is 2.68. The Hall–Kier alpha value is -1.21. The van der Waals surface area contributed by atoms with E-state index in [4.69, 9.17) is 12.3 Å². The molecule has 0 unspecified atom stereocenters. The first-order valence-electron chi connectivity index (χ1n) is 12.7. The molecule has 0 atom stereocenters. The van der Waals surface area contributed by atoms with Crippen molar-refractivity contribution >= 4 is 33.8 Å². The van der Waals surface area contributed by atoms with Crippen LogP contribution < -0.4 is 0 Å². The maximum absolute atomic E-state index is 9.47. The van der Waals surface area contributed by atoms with Crippen molar-refractivity contribution in [3.63, 3.8) is 0 Å². The van der Waals surface area contributed by atoms with Crippen molar-refractivity contribution in [1.29, 1.82) is 0 Å². The largest absolute Gasteiger partial charge is 0.508 e. The highest BCUT2D eigenvalue weighted by atomic mass is 28.5. The van der Waals surface area contributed by atoms with Gasteiger partial charge in [0, 0.05) is 0 Å². The number of phenolic OH excluding ortho intramolecular Hbond substituents is 2. The summed E-state index contributed by atoms with van der Waals surface area (Å²) in [6.45, 7) is 17.8. The molecule has 0 fully saturated rings. The second kappa shape index (κ2) is 12.4. The molecular formula is C26H46O5Si4. The Bertz CT molecular complexity index is 837. The van der Waals surface area contributed by atoms with Gasteiger partial charge in [0.15, 0.2) is 16.6 Å². The van der Waals surface area contributed by atoms with E-state index in [-0.39, 0.29) is 0 Å². The quantitative estimate of drug-likeness (QED) is 0.238. The van der Waals surface area contributed by atoms with Gasteiger partial charge in [-0.05, 0) is 126 Å². The maximum Gasteiger partial charge on any atom is 0.312 e. The molecule has 0 saturated carbocycles. The summed E-state index contributed by atoms with van der Waals surface area (Å²) in [6.07, 6.45) is 4.14. The van der Waals surface area contributed by atoms with Crippen molar-refractivity contribution in [2.45, 2.75) is 90.1 Å². The molecule has 2 rings (SSSR count). The van der Waals surface area contributed by atoms with Gasteiger partial charge >= 0.3 is 17.1 Å². The Balaban J connectivity index is 1.82. The van der Waals surface area contributed by atoms with Crippen molar-refractivity contribution in [2.24, 2.45) is 0 Å². The van der Waals surface area contributed by atoms with Crippen LogP contribution in [0.25, 0.3) is 0 Å². The van der Waals surface area contributed by atoms with Crippen LogP contribution in [0, 0.1) is 0 Å². The summed E-state index contributed by atoms with van der Waals surface area (Å²) in [5.41, 5.74) is 2.50. The van der Waals surface area contributed by atoms with E-state index in [9.17, 15) is 10.2 Å². The highest BCUT2D eigenvalue weighted by Crippen LogP contribution is 2.28. The number of rotatable bonds is 14. The fourth-order valence-corrected chi connectivity index (χ4v) is 24.2. The SMILES string of the molecule is C[Si](C)(CCCc1ccc(O)cc1)O[Si](C)(C)O[Si](C)(C)O[Si](C)(C)CCCc1ccc(O)cc1. The van der Waals surface area contributed by atoms with Gasteiger partial charge in [0.2, 0.25) is 0 Å². The number of benzene rings is 2. The van der Waals surface area contributed by atoms with E-state index >= 15 is 0 Å². The minimum atomic E-state index is -2.34. The van der Waals surface area contributed by atoms with E-state index in [1.54, 1.807) is 24.3 Å². The van der Waals surface area contributed by atoms with E-state index in [1.807, 2.05) is 24.3 Å². The van der Waals surface area contributed by atoms with Gasteiger partial charge in [-0.2, -0.15) is 0 Å².